The van der Waals surface area contributed by atoms with Crippen LogP contribution in [0.25, 0.3) is 0 Å². The molecule has 1 fully saturated rings. The lowest BCUT2D eigenvalue weighted by molar-refractivity contribution is 0.250. The van der Waals surface area contributed by atoms with E-state index >= 15 is 0 Å². The molecule has 2 N–H and O–H groups in total. The molecule has 2 heterocycles. The van der Waals surface area contributed by atoms with E-state index in [4.69, 9.17) is 10.5 Å². The second-order valence-electron chi connectivity index (χ2n) is 5.14. The quantitative estimate of drug-likeness (QED) is 0.876. The molecule has 0 bridgehead atoms. The summed E-state index contributed by atoms with van der Waals surface area (Å²) in [5.74, 6) is 0.862. The summed E-state index contributed by atoms with van der Waals surface area (Å²) < 4.78 is 5.28. The molecule has 0 radical (unpaired) electrons. The summed E-state index contributed by atoms with van der Waals surface area (Å²) in [6.45, 7) is 4.94. The van der Waals surface area contributed by atoms with Crippen molar-refractivity contribution in [1.82, 2.24) is 9.88 Å². The maximum absolute atomic E-state index is 6.06. The lowest BCUT2D eigenvalue weighted by Crippen LogP contribution is -2.46. The first-order chi connectivity index (χ1) is 10.3. The molecular formula is C15H20N4OS. The standard InChI is InChI=1S/C15H20N4OS/c1-20-13-2-3-14(16)12(10-13)11-18-5-7-19(8-6-18)15-17-4-9-21-15/h2-4,9-10H,5-8,11,16H2,1H3. The monoisotopic (exact) mass is 304 g/mol. The topological polar surface area (TPSA) is 54.6 Å². The molecule has 21 heavy (non-hydrogen) atoms. The van der Waals surface area contributed by atoms with Crippen molar-refractivity contribution >= 4 is 22.2 Å². The van der Waals surface area contributed by atoms with E-state index in [0.29, 0.717) is 0 Å². The average Bonchev–Trinajstić information content (AvgIpc) is 3.04. The molecule has 0 unspecified atom stereocenters. The fourth-order valence-corrected chi connectivity index (χ4v) is 3.25. The Morgan fingerprint density at radius 1 is 1.29 bits per heavy atom. The highest BCUT2D eigenvalue weighted by molar-refractivity contribution is 7.13. The second-order valence-corrected chi connectivity index (χ2v) is 6.02. The highest BCUT2D eigenvalue weighted by Gasteiger charge is 2.19. The number of benzene rings is 1. The summed E-state index contributed by atoms with van der Waals surface area (Å²) in [7, 11) is 1.68. The summed E-state index contributed by atoms with van der Waals surface area (Å²) >= 11 is 1.70. The van der Waals surface area contributed by atoms with Crippen LogP contribution in [0.4, 0.5) is 10.8 Å². The summed E-state index contributed by atoms with van der Waals surface area (Å²) in [6, 6.07) is 5.85. The van der Waals surface area contributed by atoms with Gasteiger partial charge in [0.1, 0.15) is 5.75 Å². The van der Waals surface area contributed by atoms with E-state index in [0.717, 1.165) is 54.9 Å². The minimum Gasteiger partial charge on any atom is -0.497 e. The number of rotatable bonds is 4. The number of nitrogens with two attached hydrogens (primary N) is 1. The summed E-state index contributed by atoms with van der Waals surface area (Å²) in [5.41, 5.74) is 8.03. The van der Waals surface area contributed by atoms with Gasteiger partial charge in [0.2, 0.25) is 0 Å². The van der Waals surface area contributed by atoms with Gasteiger partial charge in [-0.3, -0.25) is 4.90 Å². The minimum absolute atomic E-state index is 0.832. The SMILES string of the molecule is COc1ccc(N)c(CN2CCN(c3nccs3)CC2)c1. The van der Waals surface area contributed by atoms with Crippen LogP contribution in [0.15, 0.2) is 29.8 Å². The fourth-order valence-electron chi connectivity index (χ4n) is 2.56. The Labute approximate surface area is 129 Å². The average molecular weight is 304 g/mol. The molecule has 1 aromatic carbocycles. The molecule has 1 saturated heterocycles. The lowest BCUT2D eigenvalue weighted by Gasteiger charge is -2.34. The van der Waals surface area contributed by atoms with Crippen LogP contribution < -0.4 is 15.4 Å². The third-order valence-electron chi connectivity index (χ3n) is 3.81. The Bertz CT molecular complexity index is 579. The van der Waals surface area contributed by atoms with Crippen LogP contribution >= 0.6 is 11.3 Å². The number of hydrogen-bond donors (Lipinski definition) is 1. The van der Waals surface area contributed by atoms with Crippen LogP contribution in [0.1, 0.15) is 5.56 Å². The molecule has 5 nitrogen and oxygen atoms in total. The van der Waals surface area contributed by atoms with Gasteiger partial charge in [0.05, 0.1) is 7.11 Å². The molecule has 1 aliphatic heterocycles. The van der Waals surface area contributed by atoms with Crippen LogP contribution in [0, 0.1) is 0 Å². The number of methoxy groups -OCH3 is 1. The van der Waals surface area contributed by atoms with Crippen molar-refractivity contribution in [1.29, 1.82) is 0 Å². The Kier molecular flexibility index (Phi) is 4.26. The predicted octanol–water partition coefficient (Wildman–Crippen LogP) is 2.06. The molecule has 112 valence electrons. The summed E-state index contributed by atoms with van der Waals surface area (Å²) in [4.78, 5) is 9.14. The molecule has 1 aliphatic rings. The molecule has 0 atom stereocenters. The zero-order valence-electron chi connectivity index (χ0n) is 12.2. The van der Waals surface area contributed by atoms with Crippen LogP contribution in [0.3, 0.4) is 0 Å². The highest BCUT2D eigenvalue weighted by atomic mass is 32.1. The third-order valence-corrected chi connectivity index (χ3v) is 4.64. The van der Waals surface area contributed by atoms with Gasteiger partial charge >= 0.3 is 0 Å². The smallest absolute Gasteiger partial charge is 0.185 e. The first-order valence-electron chi connectivity index (χ1n) is 7.05. The van der Waals surface area contributed by atoms with Gasteiger partial charge in [-0.1, -0.05) is 0 Å². The van der Waals surface area contributed by atoms with Crippen molar-refractivity contribution < 1.29 is 4.74 Å². The number of thiazole rings is 1. The van der Waals surface area contributed by atoms with E-state index in [1.165, 1.54) is 0 Å². The number of nitrogens with zero attached hydrogens (tertiary/aromatic N) is 3. The molecule has 0 saturated carbocycles. The maximum Gasteiger partial charge on any atom is 0.185 e. The molecule has 6 heteroatoms. The predicted molar refractivity (Wildman–Crippen MR) is 87.0 cm³/mol. The molecule has 0 spiro atoms. The molecule has 2 aromatic rings. The zero-order valence-corrected chi connectivity index (χ0v) is 13.0. The molecule has 1 aromatic heterocycles. The van der Waals surface area contributed by atoms with E-state index in [1.54, 1.807) is 18.4 Å². The van der Waals surface area contributed by atoms with Crippen molar-refractivity contribution in [3.8, 4) is 5.75 Å². The second kappa shape index (κ2) is 6.32. The Balaban J connectivity index is 1.60. The minimum atomic E-state index is 0.832. The van der Waals surface area contributed by atoms with Crippen molar-refractivity contribution in [2.24, 2.45) is 0 Å². The van der Waals surface area contributed by atoms with Gasteiger partial charge in [-0.2, -0.15) is 0 Å². The van der Waals surface area contributed by atoms with Gasteiger partial charge in [-0.05, 0) is 23.8 Å². The Morgan fingerprint density at radius 3 is 2.76 bits per heavy atom. The van der Waals surface area contributed by atoms with Gasteiger partial charge < -0.3 is 15.4 Å². The molecule has 0 aliphatic carbocycles. The van der Waals surface area contributed by atoms with Crippen molar-refractivity contribution in [2.45, 2.75) is 6.54 Å². The number of aromatic nitrogens is 1. The Hall–Kier alpha value is -1.79. The number of nitrogen functional groups attached to an aromatic ring is 1. The number of anilines is 2. The normalized spacial score (nSPS) is 16.1. The fraction of sp³-hybridized carbons (Fsp3) is 0.400. The zero-order chi connectivity index (χ0) is 14.7. The van der Waals surface area contributed by atoms with Gasteiger partial charge in [-0.25, -0.2) is 4.98 Å². The van der Waals surface area contributed by atoms with E-state index in [1.807, 2.05) is 29.8 Å². The van der Waals surface area contributed by atoms with Crippen LogP contribution in [-0.4, -0.2) is 43.2 Å². The number of piperazine rings is 1. The van der Waals surface area contributed by atoms with E-state index < -0.39 is 0 Å². The van der Waals surface area contributed by atoms with Gasteiger partial charge in [0, 0.05) is 50.0 Å². The van der Waals surface area contributed by atoms with E-state index in [9.17, 15) is 0 Å². The third kappa shape index (κ3) is 3.28. The Morgan fingerprint density at radius 2 is 2.10 bits per heavy atom. The molecular weight excluding hydrogens is 284 g/mol. The van der Waals surface area contributed by atoms with Gasteiger partial charge in [-0.15, -0.1) is 11.3 Å². The van der Waals surface area contributed by atoms with E-state index in [-0.39, 0.29) is 0 Å². The van der Waals surface area contributed by atoms with Crippen LogP contribution in [-0.2, 0) is 6.54 Å². The van der Waals surface area contributed by atoms with Crippen molar-refractivity contribution in [2.75, 3.05) is 43.9 Å². The maximum atomic E-state index is 6.06. The van der Waals surface area contributed by atoms with Crippen LogP contribution in [0.5, 0.6) is 5.75 Å². The lowest BCUT2D eigenvalue weighted by atomic mass is 10.1. The van der Waals surface area contributed by atoms with E-state index in [2.05, 4.69) is 14.8 Å². The molecule has 0 amide bonds. The van der Waals surface area contributed by atoms with Gasteiger partial charge in [0.15, 0.2) is 5.13 Å². The number of hydrogen-bond acceptors (Lipinski definition) is 6. The number of ether oxygens (including phenoxy) is 1. The largest absolute Gasteiger partial charge is 0.497 e. The van der Waals surface area contributed by atoms with Crippen molar-refractivity contribution in [3.63, 3.8) is 0 Å². The summed E-state index contributed by atoms with van der Waals surface area (Å²) in [6.07, 6.45) is 1.86. The summed E-state index contributed by atoms with van der Waals surface area (Å²) in [5, 5.41) is 3.15. The highest BCUT2D eigenvalue weighted by Crippen LogP contribution is 2.23. The van der Waals surface area contributed by atoms with Gasteiger partial charge in [0.25, 0.3) is 0 Å². The molecule has 3 rings (SSSR count). The van der Waals surface area contributed by atoms with Crippen molar-refractivity contribution in [3.05, 3.63) is 35.3 Å². The first-order valence-corrected chi connectivity index (χ1v) is 7.93. The first kappa shape index (κ1) is 14.2. The van der Waals surface area contributed by atoms with Crippen LogP contribution in [0.2, 0.25) is 0 Å².